The van der Waals surface area contributed by atoms with Gasteiger partial charge in [-0.05, 0) is 37.1 Å². The van der Waals surface area contributed by atoms with Gasteiger partial charge in [-0.2, -0.15) is 5.10 Å². The predicted molar refractivity (Wildman–Crippen MR) is 134 cm³/mol. The minimum absolute atomic E-state index is 0.145. The Labute approximate surface area is 203 Å². The molecule has 1 fully saturated rings. The lowest BCUT2D eigenvalue weighted by Gasteiger charge is -2.35. The molecule has 1 aliphatic rings. The lowest BCUT2D eigenvalue weighted by Crippen LogP contribution is -2.43. The second-order valence-electron chi connectivity index (χ2n) is 8.77. The second kappa shape index (κ2) is 9.81. The number of ether oxygens (including phenoxy) is 1. The zero-order valence-electron chi connectivity index (χ0n) is 19.9. The van der Waals surface area contributed by atoms with Crippen LogP contribution in [0.25, 0.3) is 16.8 Å². The summed E-state index contributed by atoms with van der Waals surface area (Å²) in [5, 5.41) is 7.43. The first-order valence-electron chi connectivity index (χ1n) is 11.7. The van der Waals surface area contributed by atoms with Gasteiger partial charge < -0.3 is 15.8 Å². The van der Waals surface area contributed by atoms with E-state index < -0.39 is 0 Å². The van der Waals surface area contributed by atoms with Crippen molar-refractivity contribution in [2.45, 2.75) is 19.9 Å². The van der Waals surface area contributed by atoms with E-state index in [2.05, 4.69) is 37.4 Å². The highest BCUT2D eigenvalue weighted by atomic mass is 16.5. The maximum atomic E-state index is 13.1. The molecular weight excluding hydrogens is 442 g/mol. The van der Waals surface area contributed by atoms with Gasteiger partial charge in [0.05, 0.1) is 36.2 Å². The number of pyridine rings is 1. The normalized spacial score (nSPS) is 16.5. The monoisotopic (exact) mass is 471 g/mol. The van der Waals surface area contributed by atoms with Crippen LogP contribution in [-0.2, 0) is 4.74 Å². The summed E-state index contributed by atoms with van der Waals surface area (Å²) >= 11 is 0. The third-order valence-corrected chi connectivity index (χ3v) is 6.51. The number of nitrogens with one attached hydrogen (secondary N) is 1. The van der Waals surface area contributed by atoms with Crippen molar-refractivity contribution >= 4 is 17.2 Å². The Morgan fingerprint density at radius 2 is 2.03 bits per heavy atom. The average Bonchev–Trinajstić information content (AvgIpc) is 3.22. The van der Waals surface area contributed by atoms with E-state index >= 15 is 0 Å². The number of anilines is 1. The molecule has 35 heavy (non-hydrogen) atoms. The van der Waals surface area contributed by atoms with Crippen molar-refractivity contribution < 1.29 is 9.53 Å². The van der Waals surface area contributed by atoms with Crippen LogP contribution in [0.5, 0.6) is 0 Å². The molecule has 3 aromatic heterocycles. The third-order valence-electron chi connectivity index (χ3n) is 6.51. The molecule has 4 aromatic rings. The Balaban J connectivity index is 1.31. The Morgan fingerprint density at radius 1 is 1.20 bits per heavy atom. The number of aromatic nitrogens is 4. The number of morpholine rings is 1. The number of aryl methyl sites for hydroxylation is 2. The van der Waals surface area contributed by atoms with E-state index in [9.17, 15) is 4.79 Å². The maximum Gasteiger partial charge on any atom is 0.253 e. The molecule has 1 amide bonds. The quantitative estimate of drug-likeness (QED) is 0.445. The topological polar surface area (TPSA) is 111 Å². The summed E-state index contributed by atoms with van der Waals surface area (Å²) in [6.45, 7) is 7.25. The van der Waals surface area contributed by atoms with E-state index in [4.69, 9.17) is 10.5 Å². The summed E-state index contributed by atoms with van der Waals surface area (Å²) in [6, 6.07) is 14.4. The summed E-state index contributed by atoms with van der Waals surface area (Å²) in [5.74, 6) is 0.270. The van der Waals surface area contributed by atoms with E-state index in [1.165, 1.54) is 11.9 Å². The number of rotatable bonds is 6. The van der Waals surface area contributed by atoms with Crippen LogP contribution in [0.1, 0.15) is 33.2 Å². The fourth-order valence-electron chi connectivity index (χ4n) is 4.66. The zero-order valence-corrected chi connectivity index (χ0v) is 19.9. The number of amides is 1. The zero-order chi connectivity index (χ0) is 24.4. The van der Waals surface area contributed by atoms with Crippen LogP contribution < -0.4 is 11.1 Å². The number of hydrogen-bond donors (Lipinski definition) is 2. The summed E-state index contributed by atoms with van der Waals surface area (Å²) in [5.41, 5.74) is 11.8. The lowest BCUT2D eigenvalue weighted by atomic mass is 10.1. The van der Waals surface area contributed by atoms with Gasteiger partial charge in [-0.25, -0.2) is 9.50 Å². The van der Waals surface area contributed by atoms with Gasteiger partial charge >= 0.3 is 0 Å². The van der Waals surface area contributed by atoms with Crippen molar-refractivity contribution in [3.05, 3.63) is 77.4 Å². The van der Waals surface area contributed by atoms with E-state index in [1.807, 2.05) is 44.2 Å². The van der Waals surface area contributed by atoms with Crippen molar-refractivity contribution in [3.8, 4) is 11.3 Å². The summed E-state index contributed by atoms with van der Waals surface area (Å²) in [7, 11) is 0. The molecule has 1 saturated heterocycles. The highest BCUT2D eigenvalue weighted by Gasteiger charge is 2.24. The summed E-state index contributed by atoms with van der Waals surface area (Å²) in [4.78, 5) is 24.1. The van der Waals surface area contributed by atoms with Gasteiger partial charge in [0.25, 0.3) is 5.91 Å². The van der Waals surface area contributed by atoms with Gasteiger partial charge in [-0.15, -0.1) is 0 Å². The SMILES string of the molecule is Cc1ncc(-c2cc(C)c3c(N)ncnn23)cc1C(=O)NCCN1CCOCC1c1ccccc1. The Bertz CT molecular complexity index is 1350. The molecule has 1 unspecified atom stereocenters. The van der Waals surface area contributed by atoms with E-state index in [0.717, 1.165) is 35.4 Å². The van der Waals surface area contributed by atoms with E-state index in [-0.39, 0.29) is 11.9 Å². The van der Waals surface area contributed by atoms with Crippen LogP contribution >= 0.6 is 0 Å². The Morgan fingerprint density at radius 3 is 2.86 bits per heavy atom. The maximum absolute atomic E-state index is 13.1. The van der Waals surface area contributed by atoms with Gasteiger partial charge in [0.2, 0.25) is 0 Å². The van der Waals surface area contributed by atoms with Crippen LogP contribution in [0.2, 0.25) is 0 Å². The molecule has 3 N–H and O–H groups in total. The molecule has 1 aromatic carbocycles. The van der Waals surface area contributed by atoms with Crippen LogP contribution in [-0.4, -0.2) is 63.2 Å². The summed E-state index contributed by atoms with van der Waals surface area (Å²) < 4.78 is 7.46. The molecule has 0 spiro atoms. The highest BCUT2D eigenvalue weighted by Crippen LogP contribution is 2.28. The van der Waals surface area contributed by atoms with Crippen molar-refractivity contribution in [3.63, 3.8) is 0 Å². The van der Waals surface area contributed by atoms with Crippen LogP contribution in [0.3, 0.4) is 0 Å². The molecule has 1 aliphatic heterocycles. The number of nitrogens with two attached hydrogens (primary N) is 1. The second-order valence-corrected chi connectivity index (χ2v) is 8.77. The predicted octanol–water partition coefficient (Wildman–Crippen LogP) is 2.79. The molecular formula is C26H29N7O2. The number of carbonyl (C=O) groups excluding carboxylic acids is 1. The molecule has 4 heterocycles. The molecule has 5 rings (SSSR count). The minimum atomic E-state index is -0.145. The third kappa shape index (κ3) is 4.60. The smallest absolute Gasteiger partial charge is 0.253 e. The molecule has 0 radical (unpaired) electrons. The van der Waals surface area contributed by atoms with Crippen molar-refractivity contribution in [2.24, 2.45) is 0 Å². The largest absolute Gasteiger partial charge is 0.382 e. The molecule has 9 heteroatoms. The molecule has 0 aliphatic carbocycles. The Hall–Kier alpha value is -3.82. The molecule has 180 valence electrons. The number of benzene rings is 1. The molecule has 0 saturated carbocycles. The van der Waals surface area contributed by atoms with Crippen LogP contribution in [0.15, 0.2) is 55.0 Å². The first kappa shape index (κ1) is 22.9. The fourth-order valence-corrected chi connectivity index (χ4v) is 4.66. The van der Waals surface area contributed by atoms with E-state index in [1.54, 1.807) is 10.7 Å². The van der Waals surface area contributed by atoms with Gasteiger partial charge in [0.1, 0.15) is 11.8 Å². The minimum Gasteiger partial charge on any atom is -0.382 e. The Kier molecular flexibility index (Phi) is 6.43. The average molecular weight is 472 g/mol. The van der Waals surface area contributed by atoms with Crippen LogP contribution in [0.4, 0.5) is 5.82 Å². The molecule has 9 nitrogen and oxygen atoms in total. The van der Waals surface area contributed by atoms with Gasteiger partial charge in [-0.1, -0.05) is 30.3 Å². The van der Waals surface area contributed by atoms with Crippen molar-refractivity contribution in [2.75, 3.05) is 38.6 Å². The number of fused-ring (bicyclic) bond motifs is 1. The first-order chi connectivity index (χ1) is 17.0. The van der Waals surface area contributed by atoms with Gasteiger partial charge in [-0.3, -0.25) is 14.7 Å². The fraction of sp³-hybridized carbons (Fsp3) is 0.308. The van der Waals surface area contributed by atoms with Gasteiger partial charge in [0, 0.05) is 31.4 Å². The number of nitrogen functional groups attached to an aromatic ring is 1. The number of carbonyl (C=O) groups is 1. The van der Waals surface area contributed by atoms with Crippen LogP contribution in [0, 0.1) is 13.8 Å². The standard InChI is InChI=1S/C26H29N7O2/c1-17-12-22(33-24(17)25(27)30-16-31-33)20-13-21(18(2)29-14-20)26(34)28-8-9-32-10-11-35-15-23(32)19-6-4-3-5-7-19/h3-7,12-14,16,23H,8-11,15H2,1-2H3,(H,28,34)(H2,27,30,31). The number of nitrogens with zero attached hydrogens (tertiary/aromatic N) is 5. The first-order valence-corrected chi connectivity index (χ1v) is 11.7. The molecule has 0 bridgehead atoms. The highest BCUT2D eigenvalue weighted by molar-refractivity contribution is 5.96. The molecule has 1 atom stereocenters. The van der Waals surface area contributed by atoms with E-state index in [0.29, 0.717) is 36.8 Å². The number of hydrogen-bond acceptors (Lipinski definition) is 7. The van der Waals surface area contributed by atoms with Gasteiger partial charge in [0.15, 0.2) is 5.82 Å². The van der Waals surface area contributed by atoms with Crippen molar-refractivity contribution in [1.82, 2.24) is 29.8 Å². The lowest BCUT2D eigenvalue weighted by molar-refractivity contribution is -0.00761. The summed E-state index contributed by atoms with van der Waals surface area (Å²) in [6.07, 6.45) is 3.18. The van der Waals surface area contributed by atoms with Crippen molar-refractivity contribution in [1.29, 1.82) is 0 Å².